The zero-order valence-corrected chi connectivity index (χ0v) is 10.5. The van der Waals surface area contributed by atoms with Crippen LogP contribution >= 0.6 is 0 Å². The first-order chi connectivity index (χ1) is 6.74. The Morgan fingerprint density at radius 1 is 1.33 bits per heavy atom. The third-order valence-corrected chi connectivity index (χ3v) is 1.94. The third-order valence-electron chi connectivity index (χ3n) is 1.94. The van der Waals surface area contributed by atoms with Crippen LogP contribution in [-0.4, -0.2) is 23.3 Å². The molecule has 0 aromatic rings. The van der Waals surface area contributed by atoms with E-state index in [2.05, 4.69) is 13.8 Å². The summed E-state index contributed by atoms with van der Waals surface area (Å²) < 4.78 is 5.20. The minimum Gasteiger partial charge on any atom is -0.460 e. The molecule has 3 nitrogen and oxygen atoms in total. The van der Waals surface area contributed by atoms with Gasteiger partial charge in [0.2, 0.25) is 0 Å². The van der Waals surface area contributed by atoms with Crippen molar-refractivity contribution in [3.8, 4) is 0 Å². The predicted molar refractivity (Wildman–Crippen MR) is 60.5 cm³/mol. The fraction of sp³-hybridized carbons (Fsp3) is 0.917. The van der Waals surface area contributed by atoms with E-state index in [1.165, 1.54) is 0 Å². The number of hydrogen-bond acceptors (Lipinski definition) is 3. The van der Waals surface area contributed by atoms with E-state index in [-0.39, 0.29) is 18.5 Å². The van der Waals surface area contributed by atoms with Gasteiger partial charge in [0.25, 0.3) is 0 Å². The summed E-state index contributed by atoms with van der Waals surface area (Å²) in [5.41, 5.74) is -0.436. The van der Waals surface area contributed by atoms with E-state index in [1.54, 1.807) is 0 Å². The van der Waals surface area contributed by atoms with E-state index in [0.717, 1.165) is 6.42 Å². The molecule has 0 unspecified atom stereocenters. The molecule has 0 aromatic heterocycles. The van der Waals surface area contributed by atoms with E-state index in [0.29, 0.717) is 12.3 Å². The first-order valence-corrected chi connectivity index (χ1v) is 5.57. The lowest BCUT2D eigenvalue weighted by Gasteiger charge is -2.22. The largest absolute Gasteiger partial charge is 0.460 e. The molecule has 0 radical (unpaired) electrons. The van der Waals surface area contributed by atoms with Gasteiger partial charge in [0.15, 0.2) is 0 Å². The number of esters is 1. The van der Waals surface area contributed by atoms with Gasteiger partial charge in [0, 0.05) is 6.61 Å². The predicted octanol–water partition coefficient (Wildman–Crippen LogP) is 2.37. The molecule has 0 rings (SSSR count). The number of ether oxygens (including phenoxy) is 1. The quantitative estimate of drug-likeness (QED) is 0.718. The molecule has 0 saturated heterocycles. The molecular formula is C12H24O3. The smallest absolute Gasteiger partial charge is 0.306 e. The fourth-order valence-corrected chi connectivity index (χ4v) is 1.51. The molecule has 0 aliphatic rings. The zero-order chi connectivity index (χ0) is 12.1. The number of aliphatic hydroxyl groups is 1. The highest BCUT2D eigenvalue weighted by Gasteiger charge is 2.20. The number of aliphatic hydroxyl groups excluding tert-OH is 1. The van der Waals surface area contributed by atoms with Crippen molar-refractivity contribution in [2.24, 2.45) is 11.8 Å². The van der Waals surface area contributed by atoms with Crippen LogP contribution in [0.25, 0.3) is 0 Å². The Bertz CT molecular complexity index is 192. The van der Waals surface area contributed by atoms with Gasteiger partial charge in [-0.05, 0) is 39.0 Å². The lowest BCUT2D eigenvalue weighted by atomic mass is 9.95. The summed E-state index contributed by atoms with van der Waals surface area (Å²) >= 11 is 0. The highest BCUT2D eigenvalue weighted by atomic mass is 16.6. The number of carbonyl (C=O) groups is 1. The molecular weight excluding hydrogens is 192 g/mol. The maximum atomic E-state index is 11.5. The zero-order valence-electron chi connectivity index (χ0n) is 10.5. The summed E-state index contributed by atoms with van der Waals surface area (Å²) in [6, 6.07) is 0. The highest BCUT2D eigenvalue weighted by molar-refractivity contribution is 5.70. The van der Waals surface area contributed by atoms with Crippen molar-refractivity contribution in [3.05, 3.63) is 0 Å². The molecule has 1 atom stereocenters. The highest BCUT2D eigenvalue weighted by Crippen LogP contribution is 2.17. The second-order valence-corrected chi connectivity index (χ2v) is 5.47. The topological polar surface area (TPSA) is 46.5 Å². The second kappa shape index (κ2) is 6.11. The van der Waals surface area contributed by atoms with Gasteiger partial charge >= 0.3 is 5.97 Å². The molecule has 0 bridgehead atoms. The van der Waals surface area contributed by atoms with Gasteiger partial charge in [-0.3, -0.25) is 4.79 Å². The van der Waals surface area contributed by atoms with E-state index in [9.17, 15) is 4.79 Å². The average molecular weight is 216 g/mol. The molecule has 0 amide bonds. The molecule has 1 N–H and O–H groups in total. The molecule has 0 saturated carbocycles. The lowest BCUT2D eigenvalue weighted by molar-refractivity contribution is -0.156. The molecule has 0 fully saturated rings. The van der Waals surface area contributed by atoms with Crippen LogP contribution in [0.1, 0.15) is 47.5 Å². The third kappa shape index (κ3) is 8.43. The normalized spacial score (nSPS) is 14.1. The van der Waals surface area contributed by atoms with Crippen LogP contribution in [0.3, 0.4) is 0 Å². The monoisotopic (exact) mass is 216 g/mol. The number of hydrogen-bond donors (Lipinski definition) is 1. The van der Waals surface area contributed by atoms with Gasteiger partial charge in [-0.2, -0.15) is 0 Å². The van der Waals surface area contributed by atoms with Gasteiger partial charge in [-0.25, -0.2) is 0 Å². The van der Waals surface area contributed by atoms with Crippen LogP contribution in [-0.2, 0) is 9.53 Å². The Balaban J connectivity index is 4.02. The average Bonchev–Trinajstić information content (AvgIpc) is 1.98. The number of carbonyl (C=O) groups excluding carboxylic acids is 1. The Kier molecular flexibility index (Phi) is 5.88. The Morgan fingerprint density at radius 2 is 1.87 bits per heavy atom. The standard InChI is InChI=1S/C12H24O3/c1-9(2)6-10(8-13)7-11(14)15-12(3,4)5/h9-10,13H,6-8H2,1-5H3/t10-/m0/s1. The van der Waals surface area contributed by atoms with Crippen molar-refractivity contribution in [3.63, 3.8) is 0 Å². The SMILES string of the molecule is CC(C)C[C@H](CO)CC(=O)OC(C)(C)C. The van der Waals surface area contributed by atoms with Crippen molar-refractivity contribution in [1.82, 2.24) is 0 Å². The summed E-state index contributed by atoms with van der Waals surface area (Å²) in [4.78, 5) is 11.5. The lowest BCUT2D eigenvalue weighted by Crippen LogP contribution is -2.26. The molecule has 0 aliphatic heterocycles. The van der Waals surface area contributed by atoms with E-state index in [1.807, 2.05) is 20.8 Å². The second-order valence-electron chi connectivity index (χ2n) is 5.47. The van der Waals surface area contributed by atoms with Crippen LogP contribution < -0.4 is 0 Å². The maximum absolute atomic E-state index is 11.5. The minimum absolute atomic E-state index is 0.0276. The summed E-state index contributed by atoms with van der Waals surface area (Å²) in [6.07, 6.45) is 1.17. The Labute approximate surface area is 92.8 Å². The summed E-state index contributed by atoms with van der Waals surface area (Å²) in [6.45, 7) is 9.76. The van der Waals surface area contributed by atoms with Crippen molar-refractivity contribution in [2.45, 2.75) is 53.1 Å². The maximum Gasteiger partial charge on any atom is 0.306 e. The Morgan fingerprint density at radius 3 is 2.20 bits per heavy atom. The van der Waals surface area contributed by atoms with Gasteiger partial charge < -0.3 is 9.84 Å². The van der Waals surface area contributed by atoms with Crippen LogP contribution in [0.4, 0.5) is 0 Å². The molecule has 0 aliphatic carbocycles. The van der Waals surface area contributed by atoms with Gasteiger partial charge in [-0.1, -0.05) is 13.8 Å². The Hall–Kier alpha value is -0.570. The molecule has 3 heteroatoms. The fourth-order valence-electron chi connectivity index (χ4n) is 1.51. The van der Waals surface area contributed by atoms with Crippen LogP contribution in [0.15, 0.2) is 0 Å². The molecule has 15 heavy (non-hydrogen) atoms. The van der Waals surface area contributed by atoms with E-state index >= 15 is 0 Å². The van der Waals surface area contributed by atoms with Gasteiger partial charge in [0.05, 0.1) is 6.42 Å². The van der Waals surface area contributed by atoms with E-state index in [4.69, 9.17) is 9.84 Å². The molecule has 90 valence electrons. The van der Waals surface area contributed by atoms with E-state index < -0.39 is 5.60 Å². The van der Waals surface area contributed by atoms with Crippen molar-refractivity contribution in [1.29, 1.82) is 0 Å². The number of rotatable bonds is 5. The van der Waals surface area contributed by atoms with Crippen LogP contribution in [0, 0.1) is 11.8 Å². The molecule has 0 aromatic carbocycles. The van der Waals surface area contributed by atoms with Gasteiger partial charge in [-0.15, -0.1) is 0 Å². The summed E-state index contributed by atoms with van der Waals surface area (Å²) in [7, 11) is 0. The molecule has 0 spiro atoms. The molecule has 0 heterocycles. The van der Waals surface area contributed by atoms with Crippen LogP contribution in [0.5, 0.6) is 0 Å². The van der Waals surface area contributed by atoms with Gasteiger partial charge in [0.1, 0.15) is 5.60 Å². The summed E-state index contributed by atoms with van der Waals surface area (Å²) in [5.74, 6) is 0.298. The van der Waals surface area contributed by atoms with Crippen LogP contribution in [0.2, 0.25) is 0 Å². The first-order valence-electron chi connectivity index (χ1n) is 5.57. The van der Waals surface area contributed by atoms with Crippen molar-refractivity contribution >= 4 is 5.97 Å². The van der Waals surface area contributed by atoms with Crippen molar-refractivity contribution < 1.29 is 14.6 Å². The minimum atomic E-state index is -0.436. The first kappa shape index (κ1) is 14.4. The van der Waals surface area contributed by atoms with Crippen molar-refractivity contribution in [2.75, 3.05) is 6.61 Å². The summed E-state index contributed by atoms with van der Waals surface area (Å²) in [5, 5.41) is 9.11.